The number of hydrogen-bond donors (Lipinski definition) is 1. The Morgan fingerprint density at radius 3 is 2.62 bits per heavy atom. The van der Waals surface area contributed by atoms with Crippen molar-refractivity contribution in [3.8, 4) is 5.69 Å². The van der Waals surface area contributed by atoms with E-state index >= 15 is 0 Å². The molecular weight excluding hydrogens is 262 g/mol. The lowest BCUT2D eigenvalue weighted by atomic mass is 10.1. The SMILES string of the molecule is CCCCc1ccc(-n2nnnc2CNCC(C)C)cc1. The standard InChI is InChI=1S/C16H25N5/c1-4-5-6-14-7-9-15(10-8-14)21-16(18-19-20-21)12-17-11-13(2)3/h7-10,13,17H,4-6,11-12H2,1-3H3. The van der Waals surface area contributed by atoms with Crippen LogP contribution in [0.15, 0.2) is 24.3 Å². The van der Waals surface area contributed by atoms with Crippen LogP contribution in [0.4, 0.5) is 0 Å². The van der Waals surface area contributed by atoms with Gasteiger partial charge in [0.1, 0.15) is 0 Å². The Morgan fingerprint density at radius 2 is 1.95 bits per heavy atom. The van der Waals surface area contributed by atoms with Gasteiger partial charge in [-0.15, -0.1) is 5.10 Å². The summed E-state index contributed by atoms with van der Waals surface area (Å²) in [5.74, 6) is 1.46. The minimum atomic E-state index is 0.618. The molecule has 0 saturated heterocycles. The second-order valence-electron chi connectivity index (χ2n) is 5.80. The van der Waals surface area contributed by atoms with Crippen molar-refractivity contribution in [3.63, 3.8) is 0 Å². The lowest BCUT2D eigenvalue weighted by molar-refractivity contribution is 0.537. The Morgan fingerprint density at radius 1 is 1.19 bits per heavy atom. The van der Waals surface area contributed by atoms with Crippen LogP contribution in [0, 0.1) is 5.92 Å². The van der Waals surface area contributed by atoms with Gasteiger partial charge in [0.25, 0.3) is 0 Å². The largest absolute Gasteiger partial charge is 0.310 e. The molecule has 5 nitrogen and oxygen atoms in total. The third-order valence-electron chi connectivity index (χ3n) is 3.37. The minimum Gasteiger partial charge on any atom is -0.310 e. The first-order chi connectivity index (χ1) is 10.2. The summed E-state index contributed by atoms with van der Waals surface area (Å²) in [6.07, 6.45) is 3.59. The molecule has 0 aliphatic rings. The van der Waals surface area contributed by atoms with Crippen molar-refractivity contribution in [2.45, 2.75) is 46.6 Å². The van der Waals surface area contributed by atoms with Gasteiger partial charge in [0.15, 0.2) is 5.82 Å². The molecule has 2 aromatic rings. The summed E-state index contributed by atoms with van der Waals surface area (Å²) >= 11 is 0. The molecule has 0 spiro atoms. The van der Waals surface area contributed by atoms with Crippen molar-refractivity contribution in [1.82, 2.24) is 25.5 Å². The molecule has 1 aromatic carbocycles. The van der Waals surface area contributed by atoms with E-state index in [1.807, 2.05) is 0 Å². The van der Waals surface area contributed by atoms with E-state index in [9.17, 15) is 0 Å². The number of tetrazole rings is 1. The molecule has 5 heteroatoms. The zero-order chi connectivity index (χ0) is 15.1. The molecule has 0 amide bonds. The fourth-order valence-corrected chi connectivity index (χ4v) is 2.17. The molecule has 1 aromatic heterocycles. The first kappa shape index (κ1) is 15.6. The van der Waals surface area contributed by atoms with Gasteiger partial charge in [0, 0.05) is 0 Å². The molecule has 0 fully saturated rings. The predicted octanol–water partition coefficient (Wildman–Crippen LogP) is 2.75. The van der Waals surface area contributed by atoms with Crippen LogP contribution in [0.25, 0.3) is 5.69 Å². The summed E-state index contributed by atoms with van der Waals surface area (Å²) in [7, 11) is 0. The molecule has 21 heavy (non-hydrogen) atoms. The number of rotatable bonds is 8. The molecule has 0 saturated carbocycles. The zero-order valence-electron chi connectivity index (χ0n) is 13.2. The molecule has 0 atom stereocenters. The van der Waals surface area contributed by atoms with Crippen LogP contribution in [-0.4, -0.2) is 26.8 Å². The summed E-state index contributed by atoms with van der Waals surface area (Å²) in [6, 6.07) is 8.51. The maximum atomic E-state index is 4.10. The van der Waals surface area contributed by atoms with Crippen molar-refractivity contribution in [2.75, 3.05) is 6.54 Å². The molecular formula is C16H25N5. The molecule has 1 heterocycles. The third-order valence-corrected chi connectivity index (χ3v) is 3.37. The van der Waals surface area contributed by atoms with E-state index in [-0.39, 0.29) is 0 Å². The normalized spacial score (nSPS) is 11.2. The number of aryl methyl sites for hydroxylation is 1. The molecule has 1 N–H and O–H groups in total. The van der Waals surface area contributed by atoms with Gasteiger partial charge in [0.05, 0.1) is 12.2 Å². The second-order valence-corrected chi connectivity index (χ2v) is 5.80. The second kappa shape index (κ2) is 7.88. The van der Waals surface area contributed by atoms with Gasteiger partial charge in [-0.05, 0) is 53.4 Å². The van der Waals surface area contributed by atoms with Crippen LogP contribution in [0.3, 0.4) is 0 Å². The summed E-state index contributed by atoms with van der Waals surface area (Å²) in [4.78, 5) is 0. The Labute approximate surface area is 126 Å². The van der Waals surface area contributed by atoms with Crippen molar-refractivity contribution in [2.24, 2.45) is 5.92 Å². The van der Waals surface area contributed by atoms with Crippen LogP contribution in [0.2, 0.25) is 0 Å². The van der Waals surface area contributed by atoms with Crippen molar-refractivity contribution < 1.29 is 0 Å². The highest BCUT2D eigenvalue weighted by molar-refractivity contribution is 5.34. The lowest BCUT2D eigenvalue weighted by Crippen LogP contribution is -2.21. The first-order valence-corrected chi connectivity index (χ1v) is 7.78. The van der Waals surface area contributed by atoms with Crippen LogP contribution < -0.4 is 5.32 Å². The Kier molecular flexibility index (Phi) is 5.87. The molecule has 0 bridgehead atoms. The minimum absolute atomic E-state index is 0.618. The molecule has 0 radical (unpaired) electrons. The smallest absolute Gasteiger partial charge is 0.170 e. The van der Waals surface area contributed by atoms with Crippen LogP contribution in [0.1, 0.15) is 45.0 Å². The molecule has 2 rings (SSSR count). The van der Waals surface area contributed by atoms with Gasteiger partial charge in [-0.25, -0.2) is 0 Å². The fourth-order valence-electron chi connectivity index (χ4n) is 2.17. The van der Waals surface area contributed by atoms with Crippen LogP contribution in [0.5, 0.6) is 0 Å². The van der Waals surface area contributed by atoms with E-state index in [0.717, 1.165) is 24.5 Å². The average molecular weight is 287 g/mol. The number of nitrogens with zero attached hydrogens (tertiary/aromatic N) is 4. The number of benzene rings is 1. The monoisotopic (exact) mass is 287 g/mol. The number of aromatic nitrogens is 4. The highest BCUT2D eigenvalue weighted by Crippen LogP contribution is 2.12. The fraction of sp³-hybridized carbons (Fsp3) is 0.562. The summed E-state index contributed by atoms with van der Waals surface area (Å²) in [5, 5.41) is 15.4. The van der Waals surface area contributed by atoms with Gasteiger partial charge in [-0.2, -0.15) is 4.68 Å². The molecule has 0 aliphatic carbocycles. The molecule has 0 unspecified atom stereocenters. The zero-order valence-corrected chi connectivity index (χ0v) is 13.2. The first-order valence-electron chi connectivity index (χ1n) is 7.78. The summed E-state index contributed by atoms with van der Waals surface area (Å²) < 4.78 is 1.80. The molecule has 114 valence electrons. The maximum absolute atomic E-state index is 4.10. The van der Waals surface area contributed by atoms with E-state index in [2.05, 4.69) is 65.9 Å². The van der Waals surface area contributed by atoms with E-state index in [4.69, 9.17) is 0 Å². The van der Waals surface area contributed by atoms with Crippen molar-refractivity contribution in [3.05, 3.63) is 35.7 Å². The summed E-state index contributed by atoms with van der Waals surface area (Å²) in [6.45, 7) is 8.23. The summed E-state index contributed by atoms with van der Waals surface area (Å²) in [5.41, 5.74) is 2.38. The number of unbranched alkanes of at least 4 members (excludes halogenated alkanes) is 1. The maximum Gasteiger partial charge on any atom is 0.170 e. The Bertz CT molecular complexity index is 530. The highest BCUT2D eigenvalue weighted by Gasteiger charge is 2.08. The van der Waals surface area contributed by atoms with Gasteiger partial charge < -0.3 is 5.32 Å². The van der Waals surface area contributed by atoms with Gasteiger partial charge >= 0.3 is 0 Å². The van der Waals surface area contributed by atoms with E-state index in [1.165, 1.54) is 18.4 Å². The van der Waals surface area contributed by atoms with Crippen LogP contribution in [-0.2, 0) is 13.0 Å². The number of hydrogen-bond acceptors (Lipinski definition) is 4. The van der Waals surface area contributed by atoms with E-state index < -0.39 is 0 Å². The van der Waals surface area contributed by atoms with Gasteiger partial charge in [0.2, 0.25) is 0 Å². The van der Waals surface area contributed by atoms with Gasteiger partial charge in [-0.1, -0.05) is 39.3 Å². The number of nitrogens with one attached hydrogen (secondary N) is 1. The lowest BCUT2D eigenvalue weighted by Gasteiger charge is -2.08. The Balaban J connectivity index is 2.02. The third kappa shape index (κ3) is 4.63. The average Bonchev–Trinajstić information content (AvgIpc) is 2.94. The quantitative estimate of drug-likeness (QED) is 0.811. The van der Waals surface area contributed by atoms with Crippen molar-refractivity contribution >= 4 is 0 Å². The predicted molar refractivity (Wildman–Crippen MR) is 84.3 cm³/mol. The molecule has 0 aliphatic heterocycles. The van der Waals surface area contributed by atoms with E-state index in [0.29, 0.717) is 12.5 Å². The van der Waals surface area contributed by atoms with Gasteiger partial charge in [-0.3, -0.25) is 0 Å². The van der Waals surface area contributed by atoms with E-state index in [1.54, 1.807) is 4.68 Å². The topological polar surface area (TPSA) is 55.6 Å². The highest BCUT2D eigenvalue weighted by atomic mass is 15.5. The van der Waals surface area contributed by atoms with Crippen molar-refractivity contribution in [1.29, 1.82) is 0 Å². The van der Waals surface area contributed by atoms with Crippen LogP contribution >= 0.6 is 0 Å². The Hall–Kier alpha value is -1.75.